The minimum absolute atomic E-state index is 0.200. The topological polar surface area (TPSA) is 78.0 Å². The second-order valence-corrected chi connectivity index (χ2v) is 7.08. The van der Waals surface area contributed by atoms with Crippen LogP contribution in [-0.2, 0) is 10.0 Å². The maximum Gasteiger partial charge on any atom is 0.241 e. The van der Waals surface area contributed by atoms with Crippen LogP contribution < -0.4 is 5.14 Å². The van der Waals surface area contributed by atoms with Crippen molar-refractivity contribution in [1.29, 1.82) is 0 Å². The maximum absolute atomic E-state index is 11.6. The van der Waals surface area contributed by atoms with Crippen LogP contribution >= 0.6 is 0 Å². The zero-order valence-electron chi connectivity index (χ0n) is 11.9. The second-order valence-electron chi connectivity index (χ2n) is 5.58. The first-order valence-corrected chi connectivity index (χ1v) is 8.47. The molecule has 1 aliphatic carbocycles. The molecule has 0 amide bonds. The van der Waals surface area contributed by atoms with Gasteiger partial charge in [-0.3, -0.25) is 4.68 Å². The van der Waals surface area contributed by atoms with E-state index in [-0.39, 0.29) is 4.90 Å². The van der Waals surface area contributed by atoms with Gasteiger partial charge in [-0.15, -0.1) is 0 Å². The first-order valence-electron chi connectivity index (χ1n) is 6.93. The first kappa shape index (κ1) is 14.5. The SMILES string of the molecule is CCC1CCCC(n2nc(C)c(S(N)(=O)=O)c2C)C1. The van der Waals surface area contributed by atoms with E-state index >= 15 is 0 Å². The predicted octanol–water partition coefficient (Wildman–Crippen LogP) is 2.29. The summed E-state index contributed by atoms with van der Waals surface area (Å²) in [7, 11) is -3.68. The average molecular weight is 285 g/mol. The normalized spacial score (nSPS) is 24.6. The number of rotatable bonds is 3. The van der Waals surface area contributed by atoms with Crippen molar-refractivity contribution in [2.75, 3.05) is 0 Å². The summed E-state index contributed by atoms with van der Waals surface area (Å²) in [6.45, 7) is 5.72. The highest BCUT2D eigenvalue weighted by Crippen LogP contribution is 2.35. The number of hydrogen-bond donors (Lipinski definition) is 1. The van der Waals surface area contributed by atoms with Gasteiger partial charge in [-0.25, -0.2) is 13.6 Å². The van der Waals surface area contributed by atoms with Crippen molar-refractivity contribution in [3.8, 4) is 0 Å². The third-order valence-electron chi connectivity index (χ3n) is 4.22. The van der Waals surface area contributed by atoms with Crippen molar-refractivity contribution >= 4 is 10.0 Å². The molecule has 2 unspecified atom stereocenters. The maximum atomic E-state index is 11.6. The van der Waals surface area contributed by atoms with Crippen molar-refractivity contribution in [3.05, 3.63) is 11.4 Å². The smallest absolute Gasteiger partial charge is 0.241 e. The van der Waals surface area contributed by atoms with E-state index in [1.807, 2.05) is 4.68 Å². The Balaban J connectivity index is 2.36. The number of nitrogens with zero attached hydrogens (tertiary/aromatic N) is 2. The lowest BCUT2D eigenvalue weighted by Crippen LogP contribution is -2.21. The van der Waals surface area contributed by atoms with Crippen LogP contribution in [0.25, 0.3) is 0 Å². The summed E-state index contributed by atoms with van der Waals surface area (Å²) >= 11 is 0. The Morgan fingerprint density at radius 2 is 2.05 bits per heavy atom. The van der Waals surface area contributed by atoms with E-state index in [1.54, 1.807) is 13.8 Å². The van der Waals surface area contributed by atoms with Gasteiger partial charge in [-0.1, -0.05) is 26.2 Å². The Bertz CT molecular complexity index is 563. The van der Waals surface area contributed by atoms with Crippen LogP contribution in [0.15, 0.2) is 4.90 Å². The monoisotopic (exact) mass is 285 g/mol. The molecule has 0 aliphatic heterocycles. The molecular weight excluding hydrogens is 262 g/mol. The van der Waals surface area contributed by atoms with Crippen molar-refractivity contribution < 1.29 is 8.42 Å². The highest BCUT2D eigenvalue weighted by atomic mass is 32.2. The minimum atomic E-state index is -3.68. The van der Waals surface area contributed by atoms with Gasteiger partial charge in [-0.2, -0.15) is 5.10 Å². The van der Waals surface area contributed by atoms with Crippen LogP contribution in [0.4, 0.5) is 0 Å². The molecule has 2 rings (SSSR count). The van der Waals surface area contributed by atoms with Crippen molar-refractivity contribution in [2.24, 2.45) is 11.1 Å². The Morgan fingerprint density at radius 3 is 2.58 bits per heavy atom. The molecule has 6 heteroatoms. The first-order chi connectivity index (χ1) is 8.84. The van der Waals surface area contributed by atoms with Gasteiger partial charge in [0.2, 0.25) is 10.0 Å². The Morgan fingerprint density at radius 1 is 1.37 bits per heavy atom. The van der Waals surface area contributed by atoms with Gasteiger partial charge in [-0.05, 0) is 32.6 Å². The van der Waals surface area contributed by atoms with E-state index in [0.29, 0.717) is 17.4 Å². The van der Waals surface area contributed by atoms with Crippen LogP contribution in [0.3, 0.4) is 0 Å². The summed E-state index contributed by atoms with van der Waals surface area (Å²) in [5, 5.41) is 9.70. The molecular formula is C13H23N3O2S. The van der Waals surface area contributed by atoms with Crippen molar-refractivity contribution in [1.82, 2.24) is 9.78 Å². The van der Waals surface area contributed by atoms with E-state index in [2.05, 4.69) is 12.0 Å². The average Bonchev–Trinajstić information content (AvgIpc) is 2.64. The lowest BCUT2D eigenvalue weighted by Gasteiger charge is -2.29. The minimum Gasteiger partial charge on any atom is -0.265 e. The second kappa shape index (κ2) is 5.25. The molecule has 5 nitrogen and oxygen atoms in total. The molecule has 0 bridgehead atoms. The molecule has 1 aromatic rings. The molecule has 108 valence electrons. The van der Waals surface area contributed by atoms with E-state index in [1.165, 1.54) is 19.3 Å². The Hall–Kier alpha value is -0.880. The third-order valence-corrected chi connectivity index (χ3v) is 5.38. The molecule has 2 N–H and O–H groups in total. The lowest BCUT2D eigenvalue weighted by atomic mass is 9.84. The molecule has 1 fully saturated rings. The van der Waals surface area contributed by atoms with Crippen LogP contribution in [0.1, 0.15) is 56.5 Å². The van der Waals surface area contributed by atoms with Gasteiger partial charge in [0, 0.05) is 0 Å². The number of aryl methyl sites for hydroxylation is 1. The van der Waals surface area contributed by atoms with Crippen LogP contribution in [0, 0.1) is 19.8 Å². The summed E-state index contributed by atoms with van der Waals surface area (Å²) < 4.78 is 25.1. The number of primary sulfonamides is 1. The molecule has 0 radical (unpaired) electrons. The lowest BCUT2D eigenvalue weighted by molar-refractivity contribution is 0.244. The Labute approximate surface area is 115 Å². The zero-order valence-corrected chi connectivity index (χ0v) is 12.7. The summed E-state index contributed by atoms with van der Waals surface area (Å²) in [6.07, 6.45) is 5.80. The van der Waals surface area contributed by atoms with Gasteiger partial charge < -0.3 is 0 Å². The van der Waals surface area contributed by atoms with Crippen LogP contribution in [-0.4, -0.2) is 18.2 Å². The third kappa shape index (κ3) is 2.84. The fourth-order valence-corrected chi connectivity index (χ4v) is 4.23. The number of sulfonamides is 1. The molecule has 0 aromatic carbocycles. The van der Waals surface area contributed by atoms with E-state index in [4.69, 9.17) is 5.14 Å². The molecule has 1 heterocycles. The standard InChI is InChI=1S/C13H23N3O2S/c1-4-11-6-5-7-12(8-11)16-10(3)13(9(2)15-16)19(14,17)18/h11-12H,4-8H2,1-3H3,(H2,14,17,18). The molecule has 1 aliphatic rings. The molecule has 1 aromatic heterocycles. The van der Waals surface area contributed by atoms with Crippen molar-refractivity contribution in [3.63, 3.8) is 0 Å². The number of aromatic nitrogens is 2. The van der Waals surface area contributed by atoms with Gasteiger partial charge in [0.1, 0.15) is 4.90 Å². The molecule has 0 saturated heterocycles. The molecule has 0 spiro atoms. The summed E-state index contributed by atoms with van der Waals surface area (Å²) in [5.74, 6) is 0.723. The van der Waals surface area contributed by atoms with Gasteiger partial charge in [0.05, 0.1) is 17.4 Å². The number of hydrogen-bond acceptors (Lipinski definition) is 3. The summed E-state index contributed by atoms with van der Waals surface area (Å²) in [5.41, 5.74) is 1.19. The molecule has 1 saturated carbocycles. The predicted molar refractivity (Wildman–Crippen MR) is 74.4 cm³/mol. The fraction of sp³-hybridized carbons (Fsp3) is 0.769. The van der Waals surface area contributed by atoms with Gasteiger partial charge >= 0.3 is 0 Å². The van der Waals surface area contributed by atoms with Crippen LogP contribution in [0.2, 0.25) is 0 Å². The largest absolute Gasteiger partial charge is 0.265 e. The molecule has 19 heavy (non-hydrogen) atoms. The van der Waals surface area contributed by atoms with Crippen LogP contribution in [0.5, 0.6) is 0 Å². The highest BCUT2D eigenvalue weighted by molar-refractivity contribution is 7.89. The molecule has 2 atom stereocenters. The zero-order chi connectivity index (χ0) is 14.2. The quantitative estimate of drug-likeness (QED) is 0.925. The van der Waals surface area contributed by atoms with E-state index in [9.17, 15) is 8.42 Å². The highest BCUT2D eigenvalue weighted by Gasteiger charge is 2.28. The van der Waals surface area contributed by atoms with Gasteiger partial charge in [0.25, 0.3) is 0 Å². The van der Waals surface area contributed by atoms with Crippen molar-refractivity contribution in [2.45, 2.75) is 63.8 Å². The fourth-order valence-electron chi connectivity index (χ4n) is 3.27. The number of nitrogens with two attached hydrogens (primary N) is 1. The van der Waals surface area contributed by atoms with Gasteiger partial charge in [0.15, 0.2) is 0 Å². The van der Waals surface area contributed by atoms with E-state index in [0.717, 1.165) is 18.8 Å². The van der Waals surface area contributed by atoms with E-state index < -0.39 is 10.0 Å². The summed E-state index contributed by atoms with van der Waals surface area (Å²) in [6, 6.07) is 0.313. The Kier molecular flexibility index (Phi) is 4.01. The summed E-state index contributed by atoms with van der Waals surface area (Å²) in [4.78, 5) is 0.200.